The van der Waals surface area contributed by atoms with E-state index in [9.17, 15) is 0 Å². The van der Waals surface area contributed by atoms with Crippen LogP contribution in [0.1, 0.15) is 11.3 Å². The highest BCUT2D eigenvalue weighted by Gasteiger charge is 2.16. The summed E-state index contributed by atoms with van der Waals surface area (Å²) >= 11 is 7.97. The summed E-state index contributed by atoms with van der Waals surface area (Å²) in [7, 11) is 0. The van der Waals surface area contributed by atoms with Crippen LogP contribution in [0, 0.1) is 0 Å². The van der Waals surface area contributed by atoms with Gasteiger partial charge in [-0.2, -0.15) is 11.8 Å². The third-order valence-corrected chi connectivity index (χ3v) is 4.17. The molecule has 2 aromatic rings. The number of fused-ring (bicyclic) bond motifs is 3. The fourth-order valence-electron chi connectivity index (χ4n) is 2.07. The van der Waals surface area contributed by atoms with E-state index in [2.05, 4.69) is 4.98 Å². The lowest BCUT2D eigenvalue weighted by Crippen LogP contribution is -1.99. The molecule has 3 N–H and O–H groups in total. The van der Waals surface area contributed by atoms with Gasteiger partial charge in [-0.25, -0.2) is 0 Å². The predicted octanol–water partition coefficient (Wildman–Crippen LogP) is 3.19. The largest absolute Gasteiger partial charge is 0.398 e. The molecule has 2 nitrogen and oxygen atoms in total. The molecule has 1 aromatic heterocycles. The van der Waals surface area contributed by atoms with E-state index in [1.54, 1.807) is 0 Å². The number of anilines is 1. The van der Waals surface area contributed by atoms with Gasteiger partial charge in [-0.1, -0.05) is 11.6 Å². The molecule has 1 aliphatic heterocycles. The van der Waals surface area contributed by atoms with Gasteiger partial charge in [-0.3, -0.25) is 0 Å². The number of aryl methyl sites for hydroxylation is 1. The van der Waals surface area contributed by atoms with E-state index in [4.69, 9.17) is 17.3 Å². The Morgan fingerprint density at radius 3 is 3.13 bits per heavy atom. The summed E-state index contributed by atoms with van der Waals surface area (Å²) in [5.74, 6) is 2.28. The van der Waals surface area contributed by atoms with Gasteiger partial charge in [0.25, 0.3) is 0 Å². The van der Waals surface area contributed by atoms with Crippen LogP contribution in [0.5, 0.6) is 0 Å². The summed E-state index contributed by atoms with van der Waals surface area (Å²) in [5.41, 5.74) is 10.4. The summed E-state index contributed by atoms with van der Waals surface area (Å²) in [4.78, 5) is 3.43. The summed E-state index contributed by atoms with van der Waals surface area (Å²) in [6.45, 7) is 0. The number of halogens is 1. The maximum Gasteiger partial charge on any atom is 0.0656 e. The third-order valence-electron chi connectivity index (χ3n) is 2.85. The lowest BCUT2D eigenvalue weighted by atomic mass is 10.1. The van der Waals surface area contributed by atoms with Crippen molar-refractivity contribution in [3.8, 4) is 0 Å². The van der Waals surface area contributed by atoms with Gasteiger partial charge in [0.2, 0.25) is 0 Å². The topological polar surface area (TPSA) is 41.8 Å². The zero-order chi connectivity index (χ0) is 10.4. The molecular weight excluding hydrogens is 228 g/mol. The van der Waals surface area contributed by atoms with Gasteiger partial charge in [0.15, 0.2) is 0 Å². The van der Waals surface area contributed by atoms with Crippen LogP contribution < -0.4 is 5.73 Å². The minimum absolute atomic E-state index is 0.633. The van der Waals surface area contributed by atoms with Gasteiger partial charge in [0, 0.05) is 22.3 Å². The molecule has 0 unspecified atom stereocenters. The Labute approximate surface area is 97.2 Å². The first-order valence-corrected chi connectivity index (χ1v) is 6.45. The Balaban J connectivity index is 2.33. The van der Waals surface area contributed by atoms with Crippen molar-refractivity contribution in [1.29, 1.82) is 0 Å². The third kappa shape index (κ3) is 1.42. The van der Waals surface area contributed by atoms with E-state index in [0.29, 0.717) is 10.7 Å². The number of nitrogen functional groups attached to an aromatic ring is 1. The van der Waals surface area contributed by atoms with Gasteiger partial charge < -0.3 is 10.7 Å². The average molecular weight is 239 g/mol. The van der Waals surface area contributed by atoms with Crippen LogP contribution in [0.25, 0.3) is 10.9 Å². The van der Waals surface area contributed by atoms with Crippen molar-refractivity contribution in [3.05, 3.63) is 28.4 Å². The fourth-order valence-corrected chi connectivity index (χ4v) is 3.26. The minimum atomic E-state index is 0.633. The van der Waals surface area contributed by atoms with Crippen molar-refractivity contribution >= 4 is 40.0 Å². The van der Waals surface area contributed by atoms with Crippen LogP contribution in [0.4, 0.5) is 5.69 Å². The molecule has 3 rings (SSSR count). The van der Waals surface area contributed by atoms with Crippen LogP contribution in [0.2, 0.25) is 5.02 Å². The molecule has 0 spiro atoms. The molecule has 0 radical (unpaired) electrons. The molecule has 4 heteroatoms. The van der Waals surface area contributed by atoms with Gasteiger partial charge in [0.1, 0.15) is 0 Å². The lowest BCUT2D eigenvalue weighted by Gasteiger charge is -2.10. The maximum atomic E-state index is 6.00. The molecule has 0 saturated heterocycles. The first-order chi connectivity index (χ1) is 7.25. The first kappa shape index (κ1) is 9.43. The molecule has 78 valence electrons. The van der Waals surface area contributed by atoms with Crippen molar-refractivity contribution in [2.45, 2.75) is 12.2 Å². The smallest absolute Gasteiger partial charge is 0.0656 e. The summed E-state index contributed by atoms with van der Waals surface area (Å²) < 4.78 is 0. The van der Waals surface area contributed by atoms with E-state index in [0.717, 1.165) is 17.7 Å². The molecule has 0 amide bonds. The van der Waals surface area contributed by atoms with Crippen LogP contribution in [0.15, 0.2) is 12.1 Å². The summed E-state index contributed by atoms with van der Waals surface area (Å²) in [5, 5.41) is 1.87. The number of aromatic nitrogens is 1. The number of H-pyrrole nitrogens is 1. The molecule has 2 heterocycles. The van der Waals surface area contributed by atoms with Gasteiger partial charge in [-0.05, 0) is 29.9 Å². The SMILES string of the molecule is Nc1cc2c3c([nH]c2cc1Cl)CCSC3. The number of rotatable bonds is 0. The van der Waals surface area contributed by atoms with E-state index < -0.39 is 0 Å². The lowest BCUT2D eigenvalue weighted by molar-refractivity contribution is 1.04. The van der Waals surface area contributed by atoms with Crippen LogP contribution in [-0.2, 0) is 12.2 Å². The average Bonchev–Trinajstić information content (AvgIpc) is 2.57. The summed E-state index contributed by atoms with van der Waals surface area (Å²) in [6.07, 6.45) is 1.12. The molecule has 0 aliphatic carbocycles. The quantitative estimate of drug-likeness (QED) is 0.693. The molecular formula is C11H11ClN2S. The zero-order valence-electron chi connectivity index (χ0n) is 8.14. The molecule has 0 atom stereocenters. The van der Waals surface area contributed by atoms with E-state index in [1.165, 1.54) is 22.4 Å². The Kier molecular flexibility index (Phi) is 2.11. The second-order valence-corrected chi connectivity index (χ2v) is 5.32. The van der Waals surface area contributed by atoms with Gasteiger partial charge in [-0.15, -0.1) is 0 Å². The molecule has 0 fully saturated rings. The summed E-state index contributed by atoms with van der Waals surface area (Å²) in [6, 6.07) is 3.91. The van der Waals surface area contributed by atoms with Crippen molar-refractivity contribution in [2.75, 3.05) is 11.5 Å². The van der Waals surface area contributed by atoms with Crippen LogP contribution in [0.3, 0.4) is 0 Å². The molecule has 0 saturated carbocycles. The number of nitrogens with two attached hydrogens (primary N) is 1. The Morgan fingerprint density at radius 2 is 2.27 bits per heavy atom. The Morgan fingerprint density at radius 1 is 1.40 bits per heavy atom. The highest BCUT2D eigenvalue weighted by atomic mass is 35.5. The monoisotopic (exact) mass is 238 g/mol. The number of hydrogen-bond acceptors (Lipinski definition) is 2. The number of aromatic amines is 1. The highest BCUT2D eigenvalue weighted by molar-refractivity contribution is 7.98. The van der Waals surface area contributed by atoms with E-state index in [-0.39, 0.29) is 0 Å². The molecule has 1 aliphatic rings. The predicted molar refractivity (Wildman–Crippen MR) is 67.6 cm³/mol. The Bertz CT molecular complexity index is 533. The first-order valence-electron chi connectivity index (χ1n) is 4.92. The van der Waals surface area contributed by atoms with E-state index in [1.807, 2.05) is 23.9 Å². The number of nitrogens with one attached hydrogen (secondary N) is 1. The number of thioether (sulfide) groups is 1. The van der Waals surface area contributed by atoms with Crippen molar-refractivity contribution in [3.63, 3.8) is 0 Å². The fraction of sp³-hybridized carbons (Fsp3) is 0.273. The molecule has 0 bridgehead atoms. The highest BCUT2D eigenvalue weighted by Crippen LogP contribution is 2.34. The second kappa shape index (κ2) is 3.35. The Hall–Kier alpha value is -0.800. The van der Waals surface area contributed by atoms with Gasteiger partial charge >= 0.3 is 0 Å². The zero-order valence-corrected chi connectivity index (χ0v) is 9.71. The van der Waals surface area contributed by atoms with Crippen LogP contribution >= 0.6 is 23.4 Å². The van der Waals surface area contributed by atoms with E-state index >= 15 is 0 Å². The molecule has 15 heavy (non-hydrogen) atoms. The van der Waals surface area contributed by atoms with Crippen molar-refractivity contribution in [1.82, 2.24) is 4.98 Å². The second-order valence-electron chi connectivity index (χ2n) is 3.80. The van der Waals surface area contributed by atoms with Gasteiger partial charge in [0.05, 0.1) is 10.7 Å². The normalized spacial score (nSPS) is 15.5. The molecule has 1 aromatic carbocycles. The maximum absolute atomic E-state index is 6.00. The van der Waals surface area contributed by atoms with Crippen molar-refractivity contribution in [2.24, 2.45) is 0 Å². The number of hydrogen-bond donors (Lipinski definition) is 2. The van der Waals surface area contributed by atoms with Crippen molar-refractivity contribution < 1.29 is 0 Å². The standard InChI is InChI=1S/C11H11ClN2S/c12-8-4-11-6(3-9(8)13)7-5-15-2-1-10(7)14-11/h3-4,14H,1-2,5,13H2. The minimum Gasteiger partial charge on any atom is -0.398 e. The van der Waals surface area contributed by atoms with Crippen LogP contribution in [-0.4, -0.2) is 10.7 Å². The number of benzene rings is 1.